The van der Waals surface area contributed by atoms with Crippen LogP contribution in [-0.4, -0.2) is 41.8 Å². The number of hydrogen-bond acceptors (Lipinski definition) is 8. The van der Waals surface area contributed by atoms with Gasteiger partial charge in [0, 0.05) is 16.6 Å². The molecular formula is C26H25N3O6S. The van der Waals surface area contributed by atoms with Gasteiger partial charge in [0.15, 0.2) is 11.5 Å². The minimum Gasteiger partial charge on any atom is -0.493 e. The van der Waals surface area contributed by atoms with E-state index in [0.29, 0.717) is 38.5 Å². The van der Waals surface area contributed by atoms with E-state index >= 15 is 0 Å². The molecule has 0 spiro atoms. The summed E-state index contributed by atoms with van der Waals surface area (Å²) in [6, 6.07) is 11.8. The average molecular weight is 508 g/mol. The molecule has 10 heteroatoms. The summed E-state index contributed by atoms with van der Waals surface area (Å²) in [6.45, 7) is 3.27. The predicted octanol–water partition coefficient (Wildman–Crippen LogP) is 4.35. The van der Waals surface area contributed by atoms with E-state index in [1.807, 2.05) is 11.4 Å². The smallest absolute Gasteiger partial charge is 0.338 e. The number of amides is 1. The first-order valence-electron chi connectivity index (χ1n) is 11.1. The van der Waals surface area contributed by atoms with E-state index in [9.17, 15) is 14.4 Å². The Hall–Kier alpha value is -4.18. The second kappa shape index (κ2) is 10.6. The van der Waals surface area contributed by atoms with Gasteiger partial charge < -0.3 is 19.5 Å². The van der Waals surface area contributed by atoms with E-state index in [-0.39, 0.29) is 18.2 Å². The maximum absolute atomic E-state index is 13.3. The van der Waals surface area contributed by atoms with Crippen LogP contribution in [0, 0.1) is 0 Å². The Kier molecular flexibility index (Phi) is 7.35. The number of nitrogens with one attached hydrogen (secondary N) is 1. The third-order valence-electron chi connectivity index (χ3n) is 5.29. The molecule has 0 radical (unpaired) electrons. The number of aromatic nitrogens is 2. The topological polar surface area (TPSA) is 109 Å². The van der Waals surface area contributed by atoms with Gasteiger partial charge in [-0.1, -0.05) is 12.1 Å². The second-order valence-electron chi connectivity index (χ2n) is 8.16. The number of fused-ring (bicyclic) bond motifs is 1. The molecule has 0 aliphatic rings. The number of methoxy groups -OCH3 is 2. The lowest BCUT2D eigenvalue weighted by molar-refractivity contribution is -0.116. The fraction of sp³-hybridized carbons (Fsp3) is 0.231. The van der Waals surface area contributed by atoms with Crippen molar-refractivity contribution in [3.8, 4) is 22.6 Å². The van der Waals surface area contributed by atoms with Crippen LogP contribution in [0.25, 0.3) is 21.3 Å². The summed E-state index contributed by atoms with van der Waals surface area (Å²) >= 11 is 1.34. The third kappa shape index (κ3) is 5.23. The maximum atomic E-state index is 13.3. The quantitative estimate of drug-likeness (QED) is 0.353. The van der Waals surface area contributed by atoms with Crippen molar-refractivity contribution in [2.24, 2.45) is 0 Å². The number of carbonyl (C=O) groups is 2. The molecule has 4 rings (SSSR count). The van der Waals surface area contributed by atoms with Crippen LogP contribution in [0.2, 0.25) is 0 Å². The number of hydrogen-bond donors (Lipinski definition) is 1. The maximum Gasteiger partial charge on any atom is 0.338 e. The zero-order chi connectivity index (χ0) is 25.8. The van der Waals surface area contributed by atoms with Gasteiger partial charge in [-0.3, -0.25) is 14.2 Å². The number of ether oxygens (including phenoxy) is 3. The van der Waals surface area contributed by atoms with Crippen molar-refractivity contribution < 1.29 is 23.8 Å². The zero-order valence-corrected chi connectivity index (χ0v) is 21.0. The van der Waals surface area contributed by atoms with Gasteiger partial charge in [0.25, 0.3) is 5.56 Å². The average Bonchev–Trinajstić information content (AvgIpc) is 3.30. The molecule has 0 aliphatic heterocycles. The monoisotopic (exact) mass is 507 g/mol. The molecule has 4 aromatic rings. The highest BCUT2D eigenvalue weighted by Crippen LogP contribution is 2.36. The van der Waals surface area contributed by atoms with E-state index in [4.69, 9.17) is 14.2 Å². The molecule has 0 unspecified atom stereocenters. The van der Waals surface area contributed by atoms with Crippen LogP contribution in [0.1, 0.15) is 24.2 Å². The highest BCUT2D eigenvalue weighted by atomic mass is 32.1. The summed E-state index contributed by atoms with van der Waals surface area (Å²) < 4.78 is 17.1. The lowest BCUT2D eigenvalue weighted by atomic mass is 10.1. The minimum atomic E-state index is -0.480. The van der Waals surface area contributed by atoms with Crippen LogP contribution in [0.15, 0.2) is 59.0 Å². The van der Waals surface area contributed by atoms with Crippen LogP contribution in [0.4, 0.5) is 5.69 Å². The van der Waals surface area contributed by atoms with E-state index < -0.39 is 11.9 Å². The Bertz CT molecular complexity index is 1490. The van der Waals surface area contributed by atoms with Gasteiger partial charge in [-0.05, 0) is 49.7 Å². The number of thiophene rings is 1. The molecule has 0 saturated carbocycles. The summed E-state index contributed by atoms with van der Waals surface area (Å²) in [5, 5.41) is 4.99. The number of nitrogens with zero attached hydrogens (tertiary/aromatic N) is 2. The van der Waals surface area contributed by atoms with Crippen molar-refractivity contribution in [1.29, 1.82) is 0 Å². The van der Waals surface area contributed by atoms with Crippen molar-refractivity contribution >= 4 is 39.1 Å². The predicted molar refractivity (Wildman–Crippen MR) is 138 cm³/mol. The van der Waals surface area contributed by atoms with Crippen molar-refractivity contribution in [3.63, 3.8) is 0 Å². The summed E-state index contributed by atoms with van der Waals surface area (Å²) in [5.74, 6) is 0.203. The Balaban J connectivity index is 1.59. The number of esters is 1. The molecule has 0 atom stereocenters. The molecule has 0 saturated heterocycles. The second-order valence-corrected chi connectivity index (χ2v) is 9.02. The normalized spacial score (nSPS) is 10.9. The molecule has 186 valence electrons. The molecule has 1 N–H and O–H groups in total. The number of benzene rings is 2. The van der Waals surface area contributed by atoms with Gasteiger partial charge in [0.1, 0.15) is 11.4 Å². The summed E-state index contributed by atoms with van der Waals surface area (Å²) in [7, 11) is 3.10. The van der Waals surface area contributed by atoms with Crippen molar-refractivity contribution in [3.05, 3.63) is 70.1 Å². The molecule has 2 aromatic heterocycles. The summed E-state index contributed by atoms with van der Waals surface area (Å²) in [5.41, 5.74) is 1.86. The number of carbonyl (C=O) groups excluding carboxylic acids is 2. The zero-order valence-electron chi connectivity index (χ0n) is 20.2. The largest absolute Gasteiger partial charge is 0.493 e. The third-order valence-corrected chi connectivity index (χ3v) is 6.18. The first kappa shape index (κ1) is 24.9. The molecule has 0 bridgehead atoms. The fourth-order valence-electron chi connectivity index (χ4n) is 3.66. The highest BCUT2D eigenvalue weighted by Gasteiger charge is 2.17. The fourth-order valence-corrected chi connectivity index (χ4v) is 4.56. The van der Waals surface area contributed by atoms with Crippen LogP contribution >= 0.6 is 11.3 Å². The Morgan fingerprint density at radius 1 is 1.08 bits per heavy atom. The van der Waals surface area contributed by atoms with Crippen LogP contribution < -0.4 is 20.3 Å². The standard InChI is InChI=1S/C26H25N3O6S/c1-15(2)35-26(32)17-6-5-7-18(10-17)28-22(30)12-29-14-27-24-23(25(29)31)19(13-36-24)16-8-9-20(33-3)21(11-16)34-4/h5-11,13-15H,12H2,1-4H3,(H,28,30). The van der Waals surface area contributed by atoms with Crippen molar-refractivity contribution in [2.45, 2.75) is 26.5 Å². The van der Waals surface area contributed by atoms with Crippen LogP contribution in [0.5, 0.6) is 11.5 Å². The van der Waals surface area contributed by atoms with Gasteiger partial charge in [-0.15, -0.1) is 11.3 Å². The minimum absolute atomic E-state index is 0.246. The van der Waals surface area contributed by atoms with E-state index in [2.05, 4.69) is 10.3 Å². The van der Waals surface area contributed by atoms with Crippen molar-refractivity contribution in [2.75, 3.05) is 19.5 Å². The SMILES string of the molecule is COc1ccc(-c2csc3ncn(CC(=O)Nc4cccc(C(=O)OC(C)C)c4)c(=O)c23)cc1OC. The molecule has 0 fully saturated rings. The van der Waals surface area contributed by atoms with Crippen molar-refractivity contribution in [1.82, 2.24) is 9.55 Å². The van der Waals surface area contributed by atoms with E-state index in [0.717, 1.165) is 5.56 Å². The molecule has 1 amide bonds. The van der Waals surface area contributed by atoms with Gasteiger partial charge in [-0.25, -0.2) is 9.78 Å². The lowest BCUT2D eigenvalue weighted by Gasteiger charge is -2.11. The van der Waals surface area contributed by atoms with Gasteiger partial charge in [0.2, 0.25) is 5.91 Å². The Morgan fingerprint density at radius 3 is 2.58 bits per heavy atom. The van der Waals surface area contributed by atoms with Crippen LogP contribution in [-0.2, 0) is 16.1 Å². The van der Waals surface area contributed by atoms with E-state index in [1.165, 1.54) is 28.3 Å². The first-order chi connectivity index (χ1) is 17.3. The molecule has 2 aromatic carbocycles. The summed E-state index contributed by atoms with van der Waals surface area (Å²) in [6.07, 6.45) is 1.10. The molecule has 2 heterocycles. The van der Waals surface area contributed by atoms with E-state index in [1.54, 1.807) is 58.4 Å². The van der Waals surface area contributed by atoms with Crippen LogP contribution in [0.3, 0.4) is 0 Å². The molecule has 0 aliphatic carbocycles. The first-order valence-corrected chi connectivity index (χ1v) is 12.0. The number of anilines is 1. The highest BCUT2D eigenvalue weighted by molar-refractivity contribution is 7.17. The van der Waals surface area contributed by atoms with Gasteiger partial charge in [-0.2, -0.15) is 0 Å². The molecule has 9 nitrogen and oxygen atoms in total. The van der Waals surface area contributed by atoms with Gasteiger partial charge in [0.05, 0.1) is 37.6 Å². The van der Waals surface area contributed by atoms with Gasteiger partial charge >= 0.3 is 5.97 Å². The molecule has 36 heavy (non-hydrogen) atoms. The Morgan fingerprint density at radius 2 is 1.86 bits per heavy atom. The lowest BCUT2D eigenvalue weighted by Crippen LogP contribution is -2.27. The Labute approximate surface area is 211 Å². The summed E-state index contributed by atoms with van der Waals surface area (Å²) in [4.78, 5) is 43.2. The molecular weight excluding hydrogens is 482 g/mol. The number of rotatable bonds is 8.